The molecule has 0 bridgehead atoms. The molecule has 4 amide bonds. The Bertz CT molecular complexity index is 666. The molecule has 8 nitrogen and oxygen atoms in total. The number of hydrogen-bond donors (Lipinski definition) is 4. The predicted octanol–water partition coefficient (Wildman–Crippen LogP) is -1.14. The van der Waals surface area contributed by atoms with Crippen LogP contribution >= 0.6 is 0 Å². The maximum absolute atomic E-state index is 13.0. The van der Waals surface area contributed by atoms with Gasteiger partial charge in [0.2, 0.25) is 11.8 Å². The number of piperazine rings is 1. The molecular formula is C17H22N4O4. The molecule has 1 aromatic rings. The number of carbonyl (C=O) groups is 3. The monoisotopic (exact) mass is 346 g/mol. The average molecular weight is 346 g/mol. The summed E-state index contributed by atoms with van der Waals surface area (Å²) in [6, 6.07) is 5.83. The number of rotatable bonds is 4. The number of aryl methyl sites for hydroxylation is 1. The van der Waals surface area contributed by atoms with Crippen molar-refractivity contribution in [2.24, 2.45) is 0 Å². The minimum atomic E-state index is -1.57. The second-order valence-electron chi connectivity index (χ2n) is 6.39. The Morgan fingerprint density at radius 3 is 2.40 bits per heavy atom. The summed E-state index contributed by atoms with van der Waals surface area (Å²) < 4.78 is 0. The Hall–Kier alpha value is -2.29. The van der Waals surface area contributed by atoms with Crippen molar-refractivity contribution in [1.82, 2.24) is 20.9 Å². The van der Waals surface area contributed by atoms with Gasteiger partial charge in [-0.1, -0.05) is 29.8 Å². The van der Waals surface area contributed by atoms with E-state index < -0.39 is 29.3 Å². The fourth-order valence-electron chi connectivity index (χ4n) is 3.68. The molecule has 3 rings (SSSR count). The van der Waals surface area contributed by atoms with Gasteiger partial charge in [-0.05, 0) is 12.5 Å². The molecule has 1 unspecified atom stereocenters. The summed E-state index contributed by atoms with van der Waals surface area (Å²) in [4.78, 5) is 39.5. The van der Waals surface area contributed by atoms with Gasteiger partial charge in [0.1, 0.15) is 0 Å². The first kappa shape index (κ1) is 17.5. The molecule has 2 heterocycles. The van der Waals surface area contributed by atoms with Crippen molar-refractivity contribution in [3.63, 3.8) is 0 Å². The molecule has 1 aromatic carbocycles. The zero-order valence-corrected chi connectivity index (χ0v) is 14.0. The summed E-state index contributed by atoms with van der Waals surface area (Å²) in [5, 5.41) is 17.1. The van der Waals surface area contributed by atoms with E-state index >= 15 is 0 Å². The maximum atomic E-state index is 13.0. The largest absolute Gasteiger partial charge is 0.395 e. The topological polar surface area (TPSA) is 111 Å². The minimum Gasteiger partial charge on any atom is -0.395 e. The van der Waals surface area contributed by atoms with Gasteiger partial charge >= 0.3 is 6.03 Å². The number of imide groups is 2. The molecule has 4 N–H and O–H groups in total. The lowest BCUT2D eigenvalue weighted by Crippen LogP contribution is -2.74. The van der Waals surface area contributed by atoms with Gasteiger partial charge in [0.15, 0.2) is 5.41 Å². The standard InChI is InChI=1S/C17H22N4O4/c1-11-2-4-12(5-3-11)17(14(23)19-16(25)20-15(17)24)13-10-18-6-7-21(13)8-9-22/h2-5,13,18,22H,6-10H2,1H3,(H2,19,20,23,24,25). The molecule has 25 heavy (non-hydrogen) atoms. The molecule has 8 heteroatoms. The first-order valence-corrected chi connectivity index (χ1v) is 8.29. The molecule has 2 aliphatic heterocycles. The lowest BCUT2D eigenvalue weighted by Gasteiger charge is -2.47. The number of urea groups is 1. The number of hydrogen-bond acceptors (Lipinski definition) is 6. The Morgan fingerprint density at radius 2 is 1.80 bits per heavy atom. The molecule has 0 saturated carbocycles. The van der Waals surface area contributed by atoms with Crippen molar-refractivity contribution in [2.75, 3.05) is 32.8 Å². The quantitative estimate of drug-likeness (QED) is 0.513. The summed E-state index contributed by atoms with van der Waals surface area (Å²) in [7, 11) is 0. The van der Waals surface area contributed by atoms with Gasteiger partial charge in [-0.25, -0.2) is 4.79 Å². The van der Waals surface area contributed by atoms with E-state index in [9.17, 15) is 19.5 Å². The number of amides is 4. The molecule has 1 atom stereocenters. The number of nitrogens with zero attached hydrogens (tertiary/aromatic N) is 1. The summed E-state index contributed by atoms with van der Waals surface area (Å²) in [6.07, 6.45) is 0. The number of nitrogens with one attached hydrogen (secondary N) is 3. The molecule has 2 saturated heterocycles. The summed E-state index contributed by atoms with van der Waals surface area (Å²) >= 11 is 0. The number of benzene rings is 1. The van der Waals surface area contributed by atoms with Crippen LogP contribution in [0.4, 0.5) is 4.79 Å². The Labute approximate surface area is 145 Å². The number of barbiturate groups is 1. The first-order valence-electron chi connectivity index (χ1n) is 8.29. The highest BCUT2D eigenvalue weighted by Crippen LogP contribution is 2.34. The van der Waals surface area contributed by atoms with Crippen LogP contribution in [0.15, 0.2) is 24.3 Å². The summed E-state index contributed by atoms with van der Waals surface area (Å²) in [5.74, 6) is -1.27. The van der Waals surface area contributed by atoms with Gasteiger partial charge in [-0.2, -0.15) is 0 Å². The molecule has 0 aromatic heterocycles. The van der Waals surface area contributed by atoms with Gasteiger partial charge in [0.25, 0.3) is 0 Å². The van der Waals surface area contributed by atoms with Crippen molar-refractivity contribution in [3.05, 3.63) is 35.4 Å². The van der Waals surface area contributed by atoms with Gasteiger partial charge < -0.3 is 10.4 Å². The summed E-state index contributed by atoms with van der Waals surface area (Å²) in [6.45, 7) is 3.86. The highest BCUT2D eigenvalue weighted by molar-refractivity contribution is 6.23. The number of β-amino-alcohol motifs (C(OH)–C–C–N with tert-alkyl or cyclic N) is 1. The number of aliphatic hydroxyl groups is 1. The van der Waals surface area contributed by atoms with Crippen molar-refractivity contribution in [3.8, 4) is 0 Å². The highest BCUT2D eigenvalue weighted by atomic mass is 16.3. The third-order valence-corrected chi connectivity index (χ3v) is 4.92. The van der Waals surface area contributed by atoms with E-state index in [1.54, 1.807) is 12.1 Å². The lowest BCUT2D eigenvalue weighted by molar-refractivity contribution is -0.143. The molecule has 0 spiro atoms. The van der Waals surface area contributed by atoms with Crippen molar-refractivity contribution in [2.45, 2.75) is 18.4 Å². The van der Waals surface area contributed by atoms with E-state index in [1.807, 2.05) is 24.0 Å². The second kappa shape index (κ2) is 6.91. The van der Waals surface area contributed by atoms with Crippen LogP contribution in [0.5, 0.6) is 0 Å². The molecular weight excluding hydrogens is 324 g/mol. The minimum absolute atomic E-state index is 0.0807. The SMILES string of the molecule is Cc1ccc(C2(C3CNCCN3CCO)C(=O)NC(=O)NC2=O)cc1. The number of aliphatic hydroxyl groups excluding tert-OH is 1. The van der Waals surface area contributed by atoms with Crippen LogP contribution in [-0.4, -0.2) is 66.7 Å². The zero-order valence-electron chi connectivity index (χ0n) is 14.0. The van der Waals surface area contributed by atoms with Gasteiger partial charge in [0, 0.05) is 32.2 Å². The van der Waals surface area contributed by atoms with Gasteiger partial charge in [0.05, 0.1) is 6.61 Å². The fraction of sp³-hybridized carbons (Fsp3) is 0.471. The van der Waals surface area contributed by atoms with Gasteiger partial charge in [-0.15, -0.1) is 0 Å². The summed E-state index contributed by atoms with van der Waals surface area (Å²) in [5.41, 5.74) is -0.0395. The van der Waals surface area contributed by atoms with Crippen LogP contribution < -0.4 is 16.0 Å². The predicted molar refractivity (Wildman–Crippen MR) is 89.9 cm³/mol. The van der Waals surface area contributed by atoms with Crippen LogP contribution in [-0.2, 0) is 15.0 Å². The highest BCUT2D eigenvalue weighted by Gasteiger charge is 2.58. The maximum Gasteiger partial charge on any atom is 0.328 e. The molecule has 134 valence electrons. The number of carbonyl (C=O) groups excluding carboxylic acids is 3. The zero-order chi connectivity index (χ0) is 18.0. The normalized spacial score (nSPS) is 23.9. The fourth-order valence-corrected chi connectivity index (χ4v) is 3.68. The second-order valence-corrected chi connectivity index (χ2v) is 6.39. The molecule has 0 radical (unpaired) electrons. The van der Waals surface area contributed by atoms with Crippen LogP contribution in [0.3, 0.4) is 0 Å². The van der Waals surface area contributed by atoms with Gasteiger partial charge in [-0.3, -0.25) is 25.1 Å². The Morgan fingerprint density at radius 1 is 1.16 bits per heavy atom. The third-order valence-electron chi connectivity index (χ3n) is 4.92. The van der Waals surface area contributed by atoms with Crippen molar-refractivity contribution >= 4 is 17.8 Å². The van der Waals surface area contributed by atoms with Crippen LogP contribution in [0.1, 0.15) is 11.1 Å². The molecule has 2 fully saturated rings. The smallest absolute Gasteiger partial charge is 0.328 e. The Kier molecular flexibility index (Phi) is 4.85. The van der Waals surface area contributed by atoms with Crippen LogP contribution in [0, 0.1) is 6.92 Å². The van der Waals surface area contributed by atoms with E-state index in [-0.39, 0.29) is 6.61 Å². The van der Waals surface area contributed by atoms with E-state index in [1.165, 1.54) is 0 Å². The van der Waals surface area contributed by atoms with Crippen LogP contribution in [0.2, 0.25) is 0 Å². The van der Waals surface area contributed by atoms with E-state index in [4.69, 9.17) is 0 Å². The first-order chi connectivity index (χ1) is 12.0. The third kappa shape index (κ3) is 2.92. The average Bonchev–Trinajstić information content (AvgIpc) is 2.57. The molecule has 2 aliphatic rings. The van der Waals surface area contributed by atoms with E-state index in [0.717, 1.165) is 5.56 Å². The van der Waals surface area contributed by atoms with Crippen LogP contribution in [0.25, 0.3) is 0 Å². The Balaban J connectivity index is 2.14. The van der Waals surface area contributed by atoms with Crippen molar-refractivity contribution in [1.29, 1.82) is 0 Å². The molecule has 0 aliphatic carbocycles. The lowest BCUT2D eigenvalue weighted by atomic mass is 9.70. The van der Waals surface area contributed by atoms with Crippen molar-refractivity contribution < 1.29 is 19.5 Å². The van der Waals surface area contributed by atoms with E-state index in [0.29, 0.717) is 31.7 Å². The van der Waals surface area contributed by atoms with E-state index in [2.05, 4.69) is 16.0 Å².